The van der Waals surface area contributed by atoms with Crippen molar-refractivity contribution in [2.75, 3.05) is 25.7 Å². The van der Waals surface area contributed by atoms with Gasteiger partial charge < -0.3 is 20.1 Å². The zero-order chi connectivity index (χ0) is 11.4. The minimum absolute atomic E-state index is 0.0202. The number of nitrogens with one attached hydrogen (secondary N) is 2. The van der Waals surface area contributed by atoms with Crippen LogP contribution >= 0.6 is 0 Å². The van der Waals surface area contributed by atoms with E-state index in [1.807, 2.05) is 7.05 Å². The number of amides is 1. The van der Waals surface area contributed by atoms with Crippen molar-refractivity contribution in [1.82, 2.24) is 5.32 Å². The second kappa shape index (κ2) is 4.85. The van der Waals surface area contributed by atoms with Gasteiger partial charge in [0, 0.05) is 24.7 Å². The Morgan fingerprint density at radius 3 is 3.00 bits per heavy atom. The second-order valence-corrected chi connectivity index (χ2v) is 3.47. The number of carbonyl (C=O) groups is 1. The van der Waals surface area contributed by atoms with E-state index in [0.717, 1.165) is 5.69 Å². The molecule has 2 rings (SSSR count). The van der Waals surface area contributed by atoms with E-state index < -0.39 is 0 Å². The lowest BCUT2D eigenvalue weighted by atomic mass is 10.2. The highest BCUT2D eigenvalue weighted by Crippen LogP contribution is 2.34. The summed E-state index contributed by atoms with van der Waals surface area (Å²) in [5, 5.41) is 5.71. The van der Waals surface area contributed by atoms with Crippen LogP contribution in [0.25, 0.3) is 0 Å². The van der Waals surface area contributed by atoms with Crippen LogP contribution in [0.2, 0.25) is 0 Å². The number of fused-ring (bicyclic) bond motifs is 1. The molecule has 0 saturated heterocycles. The van der Waals surface area contributed by atoms with Gasteiger partial charge in [0.25, 0.3) is 0 Å². The molecule has 0 radical (unpaired) electrons. The molecule has 0 bridgehead atoms. The third kappa shape index (κ3) is 2.43. The predicted molar refractivity (Wildman–Crippen MR) is 59.7 cm³/mol. The maximum absolute atomic E-state index is 11.4. The number of anilines is 1. The van der Waals surface area contributed by atoms with Crippen molar-refractivity contribution in [3.8, 4) is 11.5 Å². The van der Waals surface area contributed by atoms with E-state index in [-0.39, 0.29) is 12.7 Å². The van der Waals surface area contributed by atoms with E-state index in [2.05, 4.69) is 10.6 Å². The highest BCUT2D eigenvalue weighted by Gasteiger charge is 2.13. The highest BCUT2D eigenvalue weighted by molar-refractivity contribution is 5.91. The van der Waals surface area contributed by atoms with Crippen LogP contribution in [0.15, 0.2) is 18.2 Å². The molecular formula is C11H14N2O3. The first-order chi connectivity index (χ1) is 7.79. The van der Waals surface area contributed by atoms with Gasteiger partial charge in [0.15, 0.2) is 11.5 Å². The molecule has 0 aromatic heterocycles. The van der Waals surface area contributed by atoms with Gasteiger partial charge in [0.05, 0.1) is 0 Å². The maximum Gasteiger partial charge on any atom is 0.231 e. The van der Waals surface area contributed by atoms with Crippen molar-refractivity contribution in [3.05, 3.63) is 18.2 Å². The second-order valence-electron chi connectivity index (χ2n) is 3.47. The Labute approximate surface area is 93.7 Å². The van der Waals surface area contributed by atoms with Crippen molar-refractivity contribution < 1.29 is 14.3 Å². The van der Waals surface area contributed by atoms with Gasteiger partial charge >= 0.3 is 0 Å². The molecule has 1 aromatic rings. The Bertz CT molecular complexity index is 393. The van der Waals surface area contributed by atoms with E-state index in [9.17, 15) is 4.79 Å². The van der Waals surface area contributed by atoms with Crippen molar-refractivity contribution >= 4 is 11.6 Å². The molecule has 0 spiro atoms. The number of hydrogen-bond donors (Lipinski definition) is 2. The first-order valence-electron chi connectivity index (χ1n) is 5.13. The molecule has 0 unspecified atom stereocenters. The molecule has 1 aromatic carbocycles. The molecule has 0 aliphatic carbocycles. The largest absolute Gasteiger partial charge is 0.454 e. The van der Waals surface area contributed by atoms with Crippen LogP contribution in [0, 0.1) is 0 Å². The van der Waals surface area contributed by atoms with Crippen LogP contribution < -0.4 is 20.1 Å². The molecule has 5 heteroatoms. The molecule has 16 heavy (non-hydrogen) atoms. The summed E-state index contributed by atoms with van der Waals surface area (Å²) in [5.74, 6) is 1.37. The third-order valence-electron chi connectivity index (χ3n) is 2.26. The first kappa shape index (κ1) is 10.8. The summed E-state index contributed by atoms with van der Waals surface area (Å²) in [5.41, 5.74) is 0.727. The molecule has 5 nitrogen and oxygen atoms in total. The van der Waals surface area contributed by atoms with E-state index in [0.29, 0.717) is 24.5 Å². The molecule has 0 saturated carbocycles. The lowest BCUT2D eigenvalue weighted by Crippen LogP contribution is -2.18. The van der Waals surface area contributed by atoms with Crippen LogP contribution in [0.5, 0.6) is 11.5 Å². The molecule has 86 valence electrons. The number of carbonyl (C=O) groups excluding carboxylic acids is 1. The molecule has 2 N–H and O–H groups in total. The summed E-state index contributed by atoms with van der Waals surface area (Å²) in [7, 11) is 1.81. The molecule has 0 fully saturated rings. The summed E-state index contributed by atoms with van der Waals surface area (Å²) >= 11 is 0. The summed E-state index contributed by atoms with van der Waals surface area (Å²) in [6.07, 6.45) is 0.449. The van der Waals surface area contributed by atoms with Crippen molar-refractivity contribution in [3.63, 3.8) is 0 Å². The number of benzene rings is 1. The fourth-order valence-electron chi connectivity index (χ4n) is 1.44. The van der Waals surface area contributed by atoms with E-state index in [4.69, 9.17) is 9.47 Å². The van der Waals surface area contributed by atoms with Gasteiger partial charge in [-0.15, -0.1) is 0 Å². The molecule has 1 aliphatic rings. The van der Waals surface area contributed by atoms with Crippen LogP contribution in [-0.4, -0.2) is 26.3 Å². The SMILES string of the molecule is CNCCC(=O)Nc1ccc2c(c1)OCO2. The van der Waals surface area contributed by atoms with Gasteiger partial charge in [0.1, 0.15) is 0 Å². The smallest absolute Gasteiger partial charge is 0.231 e. The fourth-order valence-corrected chi connectivity index (χ4v) is 1.44. The van der Waals surface area contributed by atoms with Gasteiger partial charge in [-0.2, -0.15) is 0 Å². The quantitative estimate of drug-likeness (QED) is 0.796. The lowest BCUT2D eigenvalue weighted by molar-refractivity contribution is -0.116. The minimum Gasteiger partial charge on any atom is -0.454 e. The Morgan fingerprint density at radius 1 is 1.38 bits per heavy atom. The highest BCUT2D eigenvalue weighted by atomic mass is 16.7. The lowest BCUT2D eigenvalue weighted by Gasteiger charge is -2.05. The Hall–Kier alpha value is -1.75. The van der Waals surface area contributed by atoms with Gasteiger partial charge in [-0.25, -0.2) is 0 Å². The van der Waals surface area contributed by atoms with Crippen LogP contribution in [0.4, 0.5) is 5.69 Å². The number of ether oxygens (including phenoxy) is 2. The monoisotopic (exact) mass is 222 g/mol. The summed E-state index contributed by atoms with van der Waals surface area (Å²) in [4.78, 5) is 11.4. The van der Waals surface area contributed by atoms with Gasteiger partial charge in [-0.3, -0.25) is 4.79 Å². The van der Waals surface area contributed by atoms with Crippen LogP contribution in [0.1, 0.15) is 6.42 Å². The van der Waals surface area contributed by atoms with E-state index in [1.165, 1.54) is 0 Å². The Morgan fingerprint density at radius 2 is 2.19 bits per heavy atom. The molecular weight excluding hydrogens is 208 g/mol. The molecule has 1 aliphatic heterocycles. The topological polar surface area (TPSA) is 59.6 Å². The van der Waals surface area contributed by atoms with Gasteiger partial charge in [0.2, 0.25) is 12.7 Å². The average molecular weight is 222 g/mol. The van der Waals surface area contributed by atoms with Crippen molar-refractivity contribution in [2.45, 2.75) is 6.42 Å². The first-order valence-corrected chi connectivity index (χ1v) is 5.13. The number of rotatable bonds is 4. The zero-order valence-corrected chi connectivity index (χ0v) is 9.08. The minimum atomic E-state index is -0.0202. The Kier molecular flexibility index (Phi) is 3.26. The van der Waals surface area contributed by atoms with E-state index >= 15 is 0 Å². The molecule has 0 atom stereocenters. The standard InChI is InChI=1S/C11H14N2O3/c1-12-5-4-11(14)13-8-2-3-9-10(6-8)16-7-15-9/h2-3,6,12H,4-5,7H2,1H3,(H,13,14). The van der Waals surface area contributed by atoms with Gasteiger partial charge in [-0.1, -0.05) is 0 Å². The Balaban J connectivity index is 1.97. The normalized spacial score (nSPS) is 12.6. The average Bonchev–Trinajstić information content (AvgIpc) is 2.73. The van der Waals surface area contributed by atoms with E-state index in [1.54, 1.807) is 18.2 Å². The van der Waals surface area contributed by atoms with Gasteiger partial charge in [-0.05, 0) is 19.2 Å². The number of hydrogen-bond acceptors (Lipinski definition) is 4. The van der Waals surface area contributed by atoms with Crippen LogP contribution in [-0.2, 0) is 4.79 Å². The molecule has 1 amide bonds. The summed E-state index contributed by atoms with van der Waals surface area (Å²) in [6, 6.07) is 5.35. The zero-order valence-electron chi connectivity index (χ0n) is 9.08. The van der Waals surface area contributed by atoms with Crippen molar-refractivity contribution in [1.29, 1.82) is 0 Å². The summed E-state index contributed by atoms with van der Waals surface area (Å²) in [6.45, 7) is 0.906. The van der Waals surface area contributed by atoms with Crippen LogP contribution in [0.3, 0.4) is 0 Å². The fraction of sp³-hybridized carbons (Fsp3) is 0.364. The predicted octanol–water partition coefficient (Wildman–Crippen LogP) is 0.963. The maximum atomic E-state index is 11.4. The third-order valence-corrected chi connectivity index (χ3v) is 2.26. The molecule has 1 heterocycles. The summed E-state index contributed by atoms with van der Waals surface area (Å²) < 4.78 is 10.4. The van der Waals surface area contributed by atoms with Crippen molar-refractivity contribution in [2.24, 2.45) is 0 Å².